The number of hydrogen-bond donors (Lipinski definition) is 1. The Kier molecular flexibility index (Phi) is 5.25. The Morgan fingerprint density at radius 3 is 2.63 bits per heavy atom. The van der Waals surface area contributed by atoms with Gasteiger partial charge < -0.3 is 4.57 Å². The highest BCUT2D eigenvalue weighted by Crippen LogP contribution is 2.14. The molecule has 0 aliphatic rings. The molecular weight excluding hydrogens is 273 g/mol. The summed E-state index contributed by atoms with van der Waals surface area (Å²) in [6.45, 7) is 3.89. The van der Waals surface area contributed by atoms with E-state index in [2.05, 4.69) is 0 Å². The van der Waals surface area contributed by atoms with Gasteiger partial charge in [0.1, 0.15) is 5.82 Å². The van der Waals surface area contributed by atoms with Crippen LogP contribution >= 0.6 is 0 Å². The van der Waals surface area contributed by atoms with Crippen molar-refractivity contribution in [3.8, 4) is 0 Å². The number of pyridine rings is 1. The maximum absolute atomic E-state index is 13.7. The van der Waals surface area contributed by atoms with Crippen molar-refractivity contribution >= 4 is 10.1 Å². The number of aromatic nitrogens is 1. The zero-order valence-corrected chi connectivity index (χ0v) is 11.8. The van der Waals surface area contributed by atoms with Gasteiger partial charge in [-0.25, -0.2) is 4.39 Å². The fourth-order valence-corrected chi connectivity index (χ4v) is 2.52. The lowest BCUT2D eigenvalue weighted by molar-refractivity contribution is 0.466. The molecule has 1 N–H and O–H groups in total. The molecule has 0 spiro atoms. The second kappa shape index (κ2) is 6.29. The van der Waals surface area contributed by atoms with E-state index in [1.807, 2.05) is 0 Å². The Morgan fingerprint density at radius 1 is 1.47 bits per heavy atom. The molecule has 0 bridgehead atoms. The minimum Gasteiger partial charge on any atom is -0.313 e. The molecule has 19 heavy (non-hydrogen) atoms. The normalized spacial score (nSPS) is 13.5. The molecule has 1 atom stereocenters. The molecule has 1 rings (SSSR count). The predicted octanol–water partition coefficient (Wildman–Crippen LogP) is 1.46. The van der Waals surface area contributed by atoms with Gasteiger partial charge in [0, 0.05) is 18.8 Å². The molecule has 0 aliphatic heterocycles. The monoisotopic (exact) mass is 291 g/mol. The number of aryl methyl sites for hydroxylation is 1. The van der Waals surface area contributed by atoms with Crippen LogP contribution in [0, 0.1) is 11.7 Å². The van der Waals surface area contributed by atoms with E-state index in [0.717, 1.165) is 6.20 Å². The van der Waals surface area contributed by atoms with Crippen LogP contribution in [0.4, 0.5) is 4.39 Å². The third kappa shape index (κ3) is 5.12. The van der Waals surface area contributed by atoms with E-state index >= 15 is 0 Å². The molecule has 1 aromatic rings. The molecule has 0 amide bonds. The van der Waals surface area contributed by atoms with Crippen LogP contribution in [-0.2, 0) is 23.1 Å². The van der Waals surface area contributed by atoms with Gasteiger partial charge in [-0.05, 0) is 31.2 Å². The summed E-state index contributed by atoms with van der Waals surface area (Å²) in [5, 5.41) is 0. The van der Waals surface area contributed by atoms with Crippen molar-refractivity contribution in [2.24, 2.45) is 5.92 Å². The third-order valence-corrected chi connectivity index (χ3v) is 3.69. The summed E-state index contributed by atoms with van der Waals surface area (Å²) in [5.74, 6) is -0.976. The highest BCUT2D eigenvalue weighted by molar-refractivity contribution is 7.85. The number of nitrogens with zero attached hydrogens (tertiary/aromatic N) is 1. The van der Waals surface area contributed by atoms with Gasteiger partial charge >= 0.3 is 0 Å². The Balaban J connectivity index is 2.77. The molecule has 0 saturated carbocycles. The summed E-state index contributed by atoms with van der Waals surface area (Å²) >= 11 is 0. The molecule has 0 radical (unpaired) electrons. The molecule has 5 nitrogen and oxygen atoms in total. The van der Waals surface area contributed by atoms with Crippen LogP contribution in [0.2, 0.25) is 0 Å². The van der Waals surface area contributed by atoms with Crippen molar-refractivity contribution in [1.82, 2.24) is 4.57 Å². The van der Waals surface area contributed by atoms with Gasteiger partial charge in [-0.2, -0.15) is 8.42 Å². The maximum Gasteiger partial charge on any atom is 0.264 e. The van der Waals surface area contributed by atoms with Crippen LogP contribution in [0.5, 0.6) is 0 Å². The van der Waals surface area contributed by atoms with Crippen LogP contribution < -0.4 is 5.56 Å². The van der Waals surface area contributed by atoms with Crippen LogP contribution in [-0.4, -0.2) is 23.3 Å². The Bertz CT molecular complexity index is 594. The molecule has 108 valence electrons. The van der Waals surface area contributed by atoms with Crippen molar-refractivity contribution in [1.29, 1.82) is 0 Å². The summed E-state index contributed by atoms with van der Waals surface area (Å²) in [7, 11) is -4.00. The minimum absolute atomic E-state index is 0.145. The number of rotatable bonds is 6. The Labute approximate surface area is 111 Å². The van der Waals surface area contributed by atoms with Crippen LogP contribution in [0.3, 0.4) is 0 Å². The summed E-state index contributed by atoms with van der Waals surface area (Å²) < 4.78 is 44.9. The fraction of sp³-hybridized carbons (Fsp3) is 0.583. The van der Waals surface area contributed by atoms with Crippen LogP contribution in [0.15, 0.2) is 17.1 Å². The van der Waals surface area contributed by atoms with E-state index < -0.39 is 15.9 Å². The average Bonchev–Trinajstić information content (AvgIpc) is 2.30. The van der Waals surface area contributed by atoms with Gasteiger partial charge in [-0.1, -0.05) is 6.92 Å². The van der Waals surface area contributed by atoms with E-state index in [1.165, 1.54) is 10.6 Å². The van der Waals surface area contributed by atoms with Crippen LogP contribution in [0.1, 0.15) is 25.8 Å². The van der Waals surface area contributed by atoms with Gasteiger partial charge in [-0.15, -0.1) is 0 Å². The number of hydrogen-bond acceptors (Lipinski definition) is 3. The number of halogens is 1. The van der Waals surface area contributed by atoms with Crippen LogP contribution in [0.25, 0.3) is 0 Å². The van der Waals surface area contributed by atoms with E-state index in [4.69, 9.17) is 4.55 Å². The lowest BCUT2D eigenvalue weighted by Gasteiger charge is -2.12. The minimum atomic E-state index is -4.00. The Hall–Kier alpha value is -1.21. The van der Waals surface area contributed by atoms with Crippen molar-refractivity contribution in [3.63, 3.8) is 0 Å². The zero-order valence-electron chi connectivity index (χ0n) is 11.0. The first-order chi connectivity index (χ1) is 8.73. The van der Waals surface area contributed by atoms with E-state index in [9.17, 15) is 17.6 Å². The van der Waals surface area contributed by atoms with Crippen molar-refractivity contribution in [3.05, 3.63) is 34.0 Å². The third-order valence-electron chi connectivity index (χ3n) is 2.93. The second-order valence-corrected chi connectivity index (χ2v) is 6.23. The molecule has 0 aromatic carbocycles. The van der Waals surface area contributed by atoms with Crippen molar-refractivity contribution < 1.29 is 17.4 Å². The summed E-state index contributed by atoms with van der Waals surface area (Å²) in [6.07, 6.45) is 1.64. The molecule has 7 heteroatoms. The van der Waals surface area contributed by atoms with Crippen molar-refractivity contribution in [2.75, 3.05) is 5.75 Å². The molecule has 1 aromatic heterocycles. The molecule has 0 fully saturated rings. The van der Waals surface area contributed by atoms with E-state index in [0.29, 0.717) is 6.54 Å². The molecular formula is C12H18FNO4S. The Morgan fingerprint density at radius 2 is 2.11 bits per heavy atom. The standard InChI is InChI=1S/C12H18FNO4S/c1-3-14-8-11(13)10(7-12(14)15)6-9(2)4-5-19(16,17)18/h7-9H,3-6H2,1-2H3,(H,16,17,18)/t9-/m1/s1. The maximum atomic E-state index is 13.7. The molecule has 0 unspecified atom stereocenters. The summed E-state index contributed by atoms with van der Waals surface area (Å²) in [6, 6.07) is 1.24. The van der Waals surface area contributed by atoms with E-state index in [-0.39, 0.29) is 35.6 Å². The summed E-state index contributed by atoms with van der Waals surface area (Å²) in [4.78, 5) is 11.6. The fourth-order valence-electron chi connectivity index (χ4n) is 1.82. The largest absolute Gasteiger partial charge is 0.313 e. The quantitative estimate of drug-likeness (QED) is 0.805. The highest BCUT2D eigenvalue weighted by Gasteiger charge is 2.13. The van der Waals surface area contributed by atoms with Gasteiger partial charge in [0.2, 0.25) is 0 Å². The molecule has 1 heterocycles. The smallest absolute Gasteiger partial charge is 0.264 e. The average molecular weight is 291 g/mol. The predicted molar refractivity (Wildman–Crippen MR) is 70.2 cm³/mol. The molecule has 0 aliphatic carbocycles. The summed E-state index contributed by atoms with van der Waals surface area (Å²) in [5.41, 5.74) is -0.00147. The topological polar surface area (TPSA) is 76.4 Å². The van der Waals surface area contributed by atoms with E-state index in [1.54, 1.807) is 13.8 Å². The lowest BCUT2D eigenvalue weighted by atomic mass is 9.99. The first-order valence-corrected chi connectivity index (χ1v) is 7.68. The first-order valence-electron chi connectivity index (χ1n) is 6.07. The first kappa shape index (κ1) is 15.8. The van der Waals surface area contributed by atoms with Gasteiger partial charge in [0.15, 0.2) is 0 Å². The second-order valence-electron chi connectivity index (χ2n) is 4.65. The SMILES string of the molecule is CCn1cc(F)c(C[C@H](C)CCS(=O)(=O)O)cc1=O. The van der Waals surface area contributed by atoms with Gasteiger partial charge in [0.05, 0.1) is 5.75 Å². The zero-order chi connectivity index (χ0) is 14.6. The highest BCUT2D eigenvalue weighted by atomic mass is 32.2. The molecule has 0 saturated heterocycles. The van der Waals surface area contributed by atoms with Gasteiger partial charge in [0.25, 0.3) is 15.7 Å². The van der Waals surface area contributed by atoms with Gasteiger partial charge in [-0.3, -0.25) is 9.35 Å². The van der Waals surface area contributed by atoms with Crippen molar-refractivity contribution in [2.45, 2.75) is 33.2 Å². The lowest BCUT2D eigenvalue weighted by Crippen LogP contribution is -2.20.